The van der Waals surface area contributed by atoms with Crippen LogP contribution in [0.5, 0.6) is 0 Å². The van der Waals surface area contributed by atoms with E-state index in [1.807, 2.05) is 4.90 Å². The molecule has 1 unspecified atom stereocenters. The quantitative estimate of drug-likeness (QED) is 0.916. The van der Waals surface area contributed by atoms with Gasteiger partial charge in [0.1, 0.15) is 5.69 Å². The number of carbonyl (C=O) groups excluding carboxylic acids is 1. The van der Waals surface area contributed by atoms with Gasteiger partial charge >= 0.3 is 0 Å². The third-order valence-electron chi connectivity index (χ3n) is 5.85. The van der Waals surface area contributed by atoms with E-state index in [0.29, 0.717) is 30.6 Å². The molecule has 4 rings (SSSR count). The maximum Gasteiger partial charge on any atom is 0.225 e. The summed E-state index contributed by atoms with van der Waals surface area (Å²) < 4.78 is 1.78. The van der Waals surface area contributed by atoms with Crippen LogP contribution in [-0.2, 0) is 4.79 Å². The van der Waals surface area contributed by atoms with E-state index in [1.54, 1.807) is 17.8 Å². The number of hydrogen-bond donors (Lipinski definition) is 1. The van der Waals surface area contributed by atoms with Crippen LogP contribution < -0.4 is 0 Å². The number of benzene rings is 1. The zero-order valence-corrected chi connectivity index (χ0v) is 15.2. The van der Waals surface area contributed by atoms with Gasteiger partial charge in [-0.1, -0.05) is 35.5 Å². The number of aliphatic hydroxyl groups excluding tert-OH is 1. The first-order valence-electron chi connectivity index (χ1n) is 9.55. The van der Waals surface area contributed by atoms with Crippen LogP contribution >= 0.6 is 0 Å². The van der Waals surface area contributed by atoms with Crippen molar-refractivity contribution in [2.45, 2.75) is 50.7 Å². The molecule has 1 atom stereocenters. The van der Waals surface area contributed by atoms with E-state index >= 15 is 0 Å². The summed E-state index contributed by atoms with van der Waals surface area (Å²) in [5.74, 6) is 1.06. The second kappa shape index (κ2) is 7.19. The van der Waals surface area contributed by atoms with Crippen molar-refractivity contribution in [2.75, 3.05) is 13.1 Å². The lowest BCUT2D eigenvalue weighted by Crippen LogP contribution is -2.53. The molecular weight excluding hydrogens is 328 g/mol. The molecule has 1 saturated heterocycles. The molecule has 2 fully saturated rings. The summed E-state index contributed by atoms with van der Waals surface area (Å²) in [6.07, 6.45) is 5.32. The fraction of sp³-hybridized carbons (Fsp3) is 0.550. The monoisotopic (exact) mass is 354 g/mol. The third kappa shape index (κ3) is 3.38. The van der Waals surface area contributed by atoms with Crippen LogP contribution in [0, 0.1) is 5.92 Å². The van der Waals surface area contributed by atoms with E-state index in [4.69, 9.17) is 0 Å². The maximum atomic E-state index is 12.8. The summed E-state index contributed by atoms with van der Waals surface area (Å²) in [5.41, 5.74) is 1.98. The number of amides is 1. The fourth-order valence-corrected chi connectivity index (χ4v) is 4.12. The van der Waals surface area contributed by atoms with Crippen molar-refractivity contribution in [1.82, 2.24) is 19.9 Å². The molecule has 1 aromatic carbocycles. The molecule has 0 spiro atoms. The fourth-order valence-electron chi connectivity index (χ4n) is 4.12. The van der Waals surface area contributed by atoms with Crippen molar-refractivity contribution >= 4 is 5.91 Å². The van der Waals surface area contributed by atoms with Crippen LogP contribution in [-0.4, -0.2) is 44.0 Å². The van der Waals surface area contributed by atoms with E-state index in [0.717, 1.165) is 25.7 Å². The molecule has 6 nitrogen and oxygen atoms in total. The van der Waals surface area contributed by atoms with Crippen molar-refractivity contribution in [1.29, 1.82) is 0 Å². The van der Waals surface area contributed by atoms with E-state index in [2.05, 4.69) is 40.6 Å². The van der Waals surface area contributed by atoms with Crippen molar-refractivity contribution in [2.24, 2.45) is 5.92 Å². The molecule has 6 heteroatoms. The van der Waals surface area contributed by atoms with Gasteiger partial charge in [0.25, 0.3) is 0 Å². The average molecular weight is 354 g/mol. The van der Waals surface area contributed by atoms with Gasteiger partial charge < -0.3 is 10.0 Å². The molecule has 1 amide bonds. The Morgan fingerprint density at radius 2 is 1.85 bits per heavy atom. The molecular formula is C20H26N4O2. The lowest BCUT2D eigenvalue weighted by molar-refractivity contribution is -0.142. The van der Waals surface area contributed by atoms with Crippen molar-refractivity contribution in [3.8, 4) is 0 Å². The minimum Gasteiger partial charge on any atom is -0.387 e. The second-order valence-electron chi connectivity index (χ2n) is 7.66. The van der Waals surface area contributed by atoms with E-state index in [1.165, 1.54) is 5.56 Å². The Kier molecular flexibility index (Phi) is 4.76. The van der Waals surface area contributed by atoms with Crippen molar-refractivity contribution in [3.63, 3.8) is 0 Å². The normalized spacial score (nSPS) is 24.9. The van der Waals surface area contributed by atoms with Gasteiger partial charge in [-0.25, -0.2) is 4.68 Å². The first-order chi connectivity index (χ1) is 12.6. The minimum atomic E-state index is -0.610. The van der Waals surface area contributed by atoms with E-state index < -0.39 is 6.10 Å². The van der Waals surface area contributed by atoms with Crippen LogP contribution in [0.15, 0.2) is 36.5 Å². The van der Waals surface area contributed by atoms with Gasteiger partial charge in [-0.05, 0) is 44.1 Å². The first-order valence-corrected chi connectivity index (χ1v) is 9.55. The predicted molar refractivity (Wildman–Crippen MR) is 97.4 cm³/mol. The summed E-state index contributed by atoms with van der Waals surface area (Å²) in [5, 5.41) is 17.6. The molecule has 1 saturated carbocycles. The Hall–Kier alpha value is -2.21. The maximum absolute atomic E-state index is 12.8. The molecule has 26 heavy (non-hydrogen) atoms. The Bertz CT molecular complexity index is 744. The predicted octanol–water partition coefficient (Wildman–Crippen LogP) is 2.69. The van der Waals surface area contributed by atoms with Crippen LogP contribution in [0.3, 0.4) is 0 Å². The molecule has 0 bridgehead atoms. The number of carbonyl (C=O) groups is 1. The average Bonchev–Trinajstić information content (AvgIpc) is 3.11. The smallest absolute Gasteiger partial charge is 0.225 e. The largest absolute Gasteiger partial charge is 0.387 e. The van der Waals surface area contributed by atoms with Crippen LogP contribution in [0.2, 0.25) is 0 Å². The second-order valence-corrected chi connectivity index (χ2v) is 7.66. The topological polar surface area (TPSA) is 71.2 Å². The summed E-state index contributed by atoms with van der Waals surface area (Å²) in [6.45, 7) is 3.07. The van der Waals surface area contributed by atoms with Gasteiger partial charge in [-0.3, -0.25) is 4.79 Å². The lowest BCUT2D eigenvalue weighted by atomic mass is 9.78. The SMILES string of the molecule is CC(O)c1cn(C2CN(C(=O)C3CCC(c4ccccc4)CC3)C2)nn1. The number of aromatic nitrogens is 3. The zero-order valence-electron chi connectivity index (χ0n) is 15.2. The molecule has 1 aliphatic heterocycles. The Morgan fingerprint density at radius 1 is 1.15 bits per heavy atom. The van der Waals surface area contributed by atoms with Gasteiger partial charge in [-0.2, -0.15) is 0 Å². The molecule has 2 aromatic rings. The minimum absolute atomic E-state index is 0.166. The summed E-state index contributed by atoms with van der Waals surface area (Å²) >= 11 is 0. The highest BCUT2D eigenvalue weighted by atomic mass is 16.3. The molecule has 1 N–H and O–H groups in total. The van der Waals surface area contributed by atoms with Gasteiger partial charge in [0.05, 0.1) is 18.3 Å². The summed E-state index contributed by atoms with van der Waals surface area (Å²) in [7, 11) is 0. The number of hydrogen-bond acceptors (Lipinski definition) is 4. The first kappa shape index (κ1) is 17.2. The number of aliphatic hydroxyl groups is 1. The van der Waals surface area contributed by atoms with E-state index in [-0.39, 0.29) is 12.0 Å². The van der Waals surface area contributed by atoms with Gasteiger partial charge in [-0.15, -0.1) is 5.10 Å². The summed E-state index contributed by atoms with van der Waals surface area (Å²) in [4.78, 5) is 14.7. The Balaban J connectivity index is 1.27. The highest BCUT2D eigenvalue weighted by molar-refractivity contribution is 5.79. The van der Waals surface area contributed by atoms with Crippen LogP contribution in [0.1, 0.15) is 61.9 Å². The molecule has 1 aromatic heterocycles. The van der Waals surface area contributed by atoms with Gasteiger partial charge in [0, 0.05) is 19.0 Å². The Labute approximate surface area is 153 Å². The van der Waals surface area contributed by atoms with Crippen molar-refractivity contribution < 1.29 is 9.90 Å². The Morgan fingerprint density at radius 3 is 2.46 bits per heavy atom. The number of likely N-dealkylation sites (tertiary alicyclic amines) is 1. The molecule has 0 radical (unpaired) electrons. The van der Waals surface area contributed by atoms with E-state index in [9.17, 15) is 9.90 Å². The molecule has 2 aliphatic rings. The third-order valence-corrected chi connectivity index (χ3v) is 5.85. The highest BCUT2D eigenvalue weighted by Gasteiger charge is 2.37. The van der Waals surface area contributed by atoms with Gasteiger partial charge in [0.2, 0.25) is 5.91 Å². The van der Waals surface area contributed by atoms with Crippen LogP contribution in [0.4, 0.5) is 0 Å². The molecule has 2 heterocycles. The zero-order chi connectivity index (χ0) is 18.1. The van der Waals surface area contributed by atoms with Gasteiger partial charge in [0.15, 0.2) is 0 Å². The van der Waals surface area contributed by atoms with Crippen LogP contribution in [0.25, 0.3) is 0 Å². The summed E-state index contributed by atoms with van der Waals surface area (Å²) in [6, 6.07) is 10.8. The standard InChI is InChI=1S/C20H26N4O2/c1-14(25)19-13-24(22-21-19)18-11-23(12-18)20(26)17-9-7-16(8-10-17)15-5-3-2-4-6-15/h2-6,13-14,16-18,25H,7-12H2,1H3. The number of rotatable bonds is 4. The molecule has 138 valence electrons. The lowest BCUT2D eigenvalue weighted by Gasteiger charge is -2.41. The van der Waals surface area contributed by atoms with Crippen molar-refractivity contribution in [3.05, 3.63) is 47.8 Å². The highest BCUT2D eigenvalue weighted by Crippen LogP contribution is 2.37. The molecule has 1 aliphatic carbocycles. The number of nitrogens with zero attached hydrogens (tertiary/aromatic N) is 4.